The molecule has 0 unspecified atom stereocenters. The number of hydrogen-bond donors (Lipinski definition) is 2. The summed E-state index contributed by atoms with van der Waals surface area (Å²) in [4.78, 5) is 12.1. The van der Waals surface area contributed by atoms with E-state index >= 15 is 0 Å². The summed E-state index contributed by atoms with van der Waals surface area (Å²) in [6.45, 7) is 0. The fraction of sp³-hybridized carbons (Fsp3) is 0.417. The summed E-state index contributed by atoms with van der Waals surface area (Å²) in [6, 6.07) is 5.88. The molecular formula is C12H13BrN2O. The third-order valence-corrected chi connectivity index (χ3v) is 3.99. The van der Waals surface area contributed by atoms with Crippen LogP contribution in [-0.2, 0) is 4.79 Å². The zero-order valence-electron chi connectivity index (χ0n) is 8.85. The molecular weight excluding hydrogens is 268 g/mol. The average Bonchev–Trinajstić information content (AvgIpc) is 2.70. The summed E-state index contributed by atoms with van der Waals surface area (Å²) < 4.78 is 1.03. The lowest BCUT2D eigenvalue weighted by Crippen LogP contribution is -2.50. The fourth-order valence-corrected chi connectivity index (χ4v) is 2.98. The van der Waals surface area contributed by atoms with Gasteiger partial charge >= 0.3 is 0 Å². The number of anilines is 2. The molecule has 1 saturated carbocycles. The van der Waals surface area contributed by atoms with E-state index in [0.29, 0.717) is 0 Å². The molecule has 0 aromatic heterocycles. The second-order valence-electron chi connectivity index (χ2n) is 4.56. The lowest BCUT2D eigenvalue weighted by Gasteiger charge is -2.35. The molecule has 2 N–H and O–H groups in total. The van der Waals surface area contributed by atoms with Crippen LogP contribution >= 0.6 is 15.9 Å². The number of amides is 1. The largest absolute Gasteiger partial charge is 0.369 e. The molecule has 0 saturated heterocycles. The number of hydrogen-bond acceptors (Lipinski definition) is 2. The Morgan fingerprint density at radius 3 is 2.69 bits per heavy atom. The van der Waals surface area contributed by atoms with Crippen molar-refractivity contribution in [3.05, 3.63) is 22.7 Å². The predicted molar refractivity (Wildman–Crippen MR) is 67.6 cm³/mol. The maximum absolute atomic E-state index is 12.1. The molecule has 1 aliphatic heterocycles. The monoisotopic (exact) mass is 280 g/mol. The van der Waals surface area contributed by atoms with E-state index < -0.39 is 0 Å². The van der Waals surface area contributed by atoms with E-state index in [-0.39, 0.29) is 11.4 Å². The van der Waals surface area contributed by atoms with Crippen molar-refractivity contribution in [2.24, 2.45) is 0 Å². The standard InChI is InChI=1S/C12H13BrN2O/c13-8-3-4-9-10(7-8)15-12(11(16)14-9)5-1-2-6-12/h3-4,7,15H,1-2,5-6H2,(H,14,16). The van der Waals surface area contributed by atoms with E-state index in [9.17, 15) is 4.79 Å². The van der Waals surface area contributed by atoms with Crippen LogP contribution in [0.3, 0.4) is 0 Å². The Kier molecular flexibility index (Phi) is 2.21. The van der Waals surface area contributed by atoms with Crippen LogP contribution < -0.4 is 10.6 Å². The van der Waals surface area contributed by atoms with Crippen molar-refractivity contribution < 1.29 is 4.79 Å². The molecule has 2 aliphatic rings. The smallest absolute Gasteiger partial charge is 0.250 e. The summed E-state index contributed by atoms with van der Waals surface area (Å²) in [6.07, 6.45) is 4.13. The average molecular weight is 281 g/mol. The maximum Gasteiger partial charge on any atom is 0.250 e. The van der Waals surface area contributed by atoms with Crippen molar-refractivity contribution in [3.8, 4) is 0 Å². The van der Waals surface area contributed by atoms with Gasteiger partial charge in [-0.2, -0.15) is 0 Å². The zero-order valence-corrected chi connectivity index (χ0v) is 10.4. The molecule has 0 atom stereocenters. The van der Waals surface area contributed by atoms with Gasteiger partial charge in [-0.3, -0.25) is 4.79 Å². The van der Waals surface area contributed by atoms with Crippen LogP contribution in [0.25, 0.3) is 0 Å². The Bertz CT molecular complexity index is 452. The first-order valence-electron chi connectivity index (χ1n) is 5.59. The van der Waals surface area contributed by atoms with Gasteiger partial charge in [0.05, 0.1) is 11.4 Å². The van der Waals surface area contributed by atoms with Crippen LogP contribution in [0.4, 0.5) is 11.4 Å². The number of rotatable bonds is 0. The van der Waals surface area contributed by atoms with Crippen molar-refractivity contribution in [2.75, 3.05) is 10.6 Å². The molecule has 1 spiro atoms. The second kappa shape index (κ2) is 3.48. The molecule has 1 aliphatic carbocycles. The summed E-state index contributed by atoms with van der Waals surface area (Å²) in [5, 5.41) is 6.42. The van der Waals surface area contributed by atoms with Gasteiger partial charge in [0.2, 0.25) is 5.91 Å². The quantitative estimate of drug-likeness (QED) is 0.767. The molecule has 16 heavy (non-hydrogen) atoms. The molecule has 1 fully saturated rings. The summed E-state index contributed by atoms with van der Waals surface area (Å²) in [5.41, 5.74) is 1.55. The van der Waals surface area contributed by atoms with Crippen LogP contribution in [0.2, 0.25) is 0 Å². The second-order valence-corrected chi connectivity index (χ2v) is 5.47. The van der Waals surface area contributed by atoms with E-state index in [1.165, 1.54) is 0 Å². The van der Waals surface area contributed by atoms with Gasteiger partial charge in [-0.05, 0) is 31.0 Å². The van der Waals surface area contributed by atoms with E-state index in [1.54, 1.807) is 0 Å². The Hall–Kier alpha value is -1.03. The first-order valence-corrected chi connectivity index (χ1v) is 6.38. The molecule has 0 radical (unpaired) electrons. The molecule has 1 heterocycles. The topological polar surface area (TPSA) is 41.1 Å². The van der Waals surface area contributed by atoms with Crippen LogP contribution in [0, 0.1) is 0 Å². The Morgan fingerprint density at radius 1 is 1.19 bits per heavy atom. The van der Waals surface area contributed by atoms with E-state index in [1.807, 2.05) is 18.2 Å². The highest BCUT2D eigenvalue weighted by molar-refractivity contribution is 9.10. The molecule has 3 nitrogen and oxygen atoms in total. The van der Waals surface area contributed by atoms with Crippen molar-refractivity contribution >= 4 is 33.2 Å². The van der Waals surface area contributed by atoms with E-state index in [0.717, 1.165) is 41.5 Å². The first-order chi connectivity index (χ1) is 7.70. The maximum atomic E-state index is 12.1. The number of carbonyl (C=O) groups excluding carboxylic acids is 1. The number of halogens is 1. The van der Waals surface area contributed by atoms with Crippen molar-refractivity contribution in [1.82, 2.24) is 0 Å². The van der Waals surface area contributed by atoms with Crippen molar-refractivity contribution in [2.45, 2.75) is 31.2 Å². The summed E-state index contributed by atoms with van der Waals surface area (Å²) in [7, 11) is 0. The Balaban J connectivity index is 2.02. The van der Waals surface area contributed by atoms with Crippen molar-refractivity contribution in [1.29, 1.82) is 0 Å². The molecule has 4 heteroatoms. The zero-order chi connectivity index (χ0) is 11.2. The minimum atomic E-state index is -0.353. The predicted octanol–water partition coefficient (Wildman–Crippen LogP) is 3.13. The molecule has 1 aromatic rings. The van der Waals surface area contributed by atoms with Gasteiger partial charge in [-0.25, -0.2) is 0 Å². The molecule has 3 rings (SSSR count). The normalized spacial score (nSPS) is 21.4. The lowest BCUT2D eigenvalue weighted by atomic mass is 9.93. The van der Waals surface area contributed by atoms with Crippen LogP contribution in [0.5, 0.6) is 0 Å². The first kappa shape index (κ1) is 10.1. The van der Waals surface area contributed by atoms with E-state index in [4.69, 9.17) is 0 Å². The summed E-state index contributed by atoms with van der Waals surface area (Å²) in [5.74, 6) is 0.125. The van der Waals surface area contributed by atoms with Gasteiger partial charge in [0.15, 0.2) is 0 Å². The molecule has 1 aromatic carbocycles. The SMILES string of the molecule is O=C1Nc2ccc(Br)cc2NC12CCCC2. The van der Waals surface area contributed by atoms with Gasteiger partial charge in [0, 0.05) is 4.47 Å². The van der Waals surface area contributed by atoms with Crippen molar-refractivity contribution in [3.63, 3.8) is 0 Å². The molecule has 1 amide bonds. The Morgan fingerprint density at radius 2 is 1.94 bits per heavy atom. The highest BCUT2D eigenvalue weighted by Gasteiger charge is 2.43. The van der Waals surface area contributed by atoms with Crippen LogP contribution in [0.1, 0.15) is 25.7 Å². The van der Waals surface area contributed by atoms with Crippen LogP contribution in [-0.4, -0.2) is 11.4 Å². The van der Waals surface area contributed by atoms with Gasteiger partial charge < -0.3 is 10.6 Å². The highest BCUT2D eigenvalue weighted by Crippen LogP contribution is 2.40. The number of nitrogens with one attached hydrogen (secondary N) is 2. The highest BCUT2D eigenvalue weighted by atomic mass is 79.9. The fourth-order valence-electron chi connectivity index (χ4n) is 2.62. The lowest BCUT2D eigenvalue weighted by molar-refractivity contribution is -0.120. The third-order valence-electron chi connectivity index (χ3n) is 3.50. The molecule has 84 valence electrons. The Labute approximate surface area is 103 Å². The minimum absolute atomic E-state index is 0.125. The van der Waals surface area contributed by atoms with Gasteiger partial charge in [-0.1, -0.05) is 28.8 Å². The number of fused-ring (bicyclic) bond motifs is 1. The van der Waals surface area contributed by atoms with Gasteiger partial charge in [0.25, 0.3) is 0 Å². The van der Waals surface area contributed by atoms with E-state index in [2.05, 4.69) is 26.6 Å². The minimum Gasteiger partial charge on any atom is -0.369 e. The van der Waals surface area contributed by atoms with Gasteiger partial charge in [0.1, 0.15) is 5.54 Å². The van der Waals surface area contributed by atoms with Crippen LogP contribution in [0.15, 0.2) is 22.7 Å². The number of carbonyl (C=O) groups is 1. The summed E-state index contributed by atoms with van der Waals surface area (Å²) >= 11 is 3.45. The third kappa shape index (κ3) is 1.44. The van der Waals surface area contributed by atoms with Gasteiger partial charge in [-0.15, -0.1) is 0 Å². The molecule has 0 bridgehead atoms. The number of benzene rings is 1.